The van der Waals surface area contributed by atoms with Crippen molar-refractivity contribution in [3.8, 4) is 84.3 Å². The lowest BCUT2D eigenvalue weighted by Crippen LogP contribution is -2.35. The highest BCUT2D eigenvalue weighted by atomic mass is 32.2. The molecule has 4 heteroatoms. The smallest absolute Gasteiger partial charge is 0.132 e. The van der Waals surface area contributed by atoms with Gasteiger partial charge in [-0.15, -0.1) is 0 Å². The second-order valence-corrected chi connectivity index (χ2v) is 39.8. The molecular weight excluding hydrogens is 1780 g/mol. The van der Waals surface area contributed by atoms with Crippen molar-refractivity contribution >= 4 is 98.2 Å². The molecule has 2 unspecified atom stereocenters. The monoisotopic (exact) mass is 1880 g/mol. The van der Waals surface area contributed by atoms with Gasteiger partial charge in [-0.1, -0.05) is 509 Å². The van der Waals surface area contributed by atoms with Crippen LogP contribution in [0, 0.1) is 0 Å². The number of para-hydroxylation sites is 4. The van der Waals surface area contributed by atoms with Crippen LogP contribution in [0.25, 0.3) is 148 Å². The van der Waals surface area contributed by atoms with Crippen molar-refractivity contribution in [2.75, 3.05) is 0 Å². The van der Waals surface area contributed by atoms with Crippen molar-refractivity contribution in [2.45, 2.75) is 32.5 Å². The minimum Gasteiger partial charge on any atom is -0.457 e. The Morgan fingerprint density at radius 1 is 0.199 bits per heavy atom. The molecule has 0 amide bonds. The van der Waals surface area contributed by atoms with Gasteiger partial charge >= 0.3 is 0 Å². The van der Waals surface area contributed by atoms with Gasteiger partial charge in [-0.3, -0.25) is 0 Å². The highest BCUT2D eigenvalue weighted by Gasteiger charge is 2.50. The van der Waals surface area contributed by atoms with Gasteiger partial charge in [0.15, 0.2) is 0 Å². The normalized spacial score (nSPS) is 14.1. The summed E-state index contributed by atoms with van der Waals surface area (Å²) in [4.78, 5) is 2.66. The topological polar surface area (TPSA) is 23.4 Å². The molecule has 2 atom stereocenters. The van der Waals surface area contributed by atoms with E-state index in [9.17, 15) is 0 Å². The first-order valence-electron chi connectivity index (χ1n) is 50.5. The van der Waals surface area contributed by atoms with E-state index in [2.05, 4.69) is 551 Å². The van der Waals surface area contributed by atoms with Crippen LogP contribution in [-0.4, -0.2) is 4.57 Å². The Hall–Kier alpha value is -18.2. The number of benzene rings is 25. The van der Waals surface area contributed by atoms with Crippen LogP contribution >= 0.6 is 11.8 Å². The maximum absolute atomic E-state index is 6.49. The van der Waals surface area contributed by atoms with Crippen LogP contribution in [0.3, 0.4) is 0 Å². The minimum atomic E-state index is -0.660. The van der Waals surface area contributed by atoms with Gasteiger partial charge in [-0.2, -0.15) is 0 Å². The molecule has 684 valence electrons. The van der Waals surface area contributed by atoms with Gasteiger partial charge in [-0.05, 0) is 231 Å². The Labute approximate surface area is 852 Å². The Morgan fingerprint density at radius 2 is 0.534 bits per heavy atom. The second-order valence-electron chi connectivity index (χ2n) is 38.8. The standard InChI is InChI=1S/C59H37NS.C48H32O.C35H24O/c1-3-17-40(18-4-1)59(41-34-31-38(32-35-41)39-33-36-48-47-25-15-16-30-53(47)60(54(48)37-39)42-19-5-2-6-20-42)55-49-26-11-7-21-43(49)45-23-9-13-28-51(45)57(55)61-58-52-29-14-10-24-46(52)44-22-8-12-27-50(44)56(58)59;1-3-14-36(15-4-1)48(37-16-5-2-6-17-37)42-21-11-9-19-39(42)40-29-27-35(31-43(40)48)32-23-25-34(26-24-32)46-41-20-10-12-22-44(41)49-45-30-28-33-13-7-8-18-38(33)47(45)46;1-2-8-24(9-3-1)25-14-16-26(17-15-25)27-18-20-29(21-19-27)34-31-12-6-7-13-32(31)36-33-23-22-28-10-4-5-11-30(28)35(33)34/h1-37H;1-31,46H;1-23,34H. The van der Waals surface area contributed by atoms with Gasteiger partial charge in [0.2, 0.25) is 0 Å². The van der Waals surface area contributed by atoms with E-state index in [1.165, 1.54) is 230 Å². The first-order valence-corrected chi connectivity index (χ1v) is 51.4. The molecule has 0 spiro atoms. The summed E-state index contributed by atoms with van der Waals surface area (Å²) < 4.78 is 15.3. The van der Waals surface area contributed by atoms with Crippen LogP contribution in [0.1, 0.15) is 89.7 Å². The summed E-state index contributed by atoms with van der Waals surface area (Å²) in [6.07, 6.45) is 0. The average Bonchev–Trinajstić information content (AvgIpc) is 0.980. The average molecular weight is 1880 g/mol. The third-order valence-electron chi connectivity index (χ3n) is 31.2. The molecule has 0 saturated carbocycles. The Balaban J connectivity index is 0.000000110. The zero-order valence-corrected chi connectivity index (χ0v) is 80.7. The molecule has 0 bridgehead atoms. The van der Waals surface area contributed by atoms with Gasteiger partial charge in [0.1, 0.15) is 23.0 Å². The van der Waals surface area contributed by atoms with Crippen molar-refractivity contribution in [3.63, 3.8) is 0 Å². The largest absolute Gasteiger partial charge is 0.457 e. The van der Waals surface area contributed by atoms with E-state index in [0.717, 1.165) is 28.7 Å². The van der Waals surface area contributed by atoms with Gasteiger partial charge in [0.05, 0.1) is 21.9 Å². The molecule has 1 aliphatic carbocycles. The summed E-state index contributed by atoms with van der Waals surface area (Å²) in [6.45, 7) is 0. The van der Waals surface area contributed by atoms with Gasteiger partial charge in [0, 0.05) is 60.3 Å². The van der Waals surface area contributed by atoms with Crippen LogP contribution in [0.2, 0.25) is 0 Å². The summed E-state index contributed by atoms with van der Waals surface area (Å²) >= 11 is 1.96. The maximum Gasteiger partial charge on any atom is 0.132 e. The SMILES string of the molecule is c1ccc(-c2ccc(-c3ccc(C4c5ccccc5Oc5ccc6ccccc6c54)cc3)cc2)cc1.c1ccc(-n2c3ccccc3c3ccc(-c4ccc(C5(c6ccccc6)c6c(c7ccccc7c7ccccc67)Sc6c5c5ccccc5c5ccccc65)cc4)cc32)cc1.c1ccc(C2(c3ccccc3)c3ccccc3-c3ccc(-c4ccc(C5c6ccccc6Oc6ccc7ccccc7c65)cc4)cc32)cc1. The lowest BCUT2D eigenvalue weighted by Gasteiger charge is -2.44. The molecule has 25 aromatic carbocycles. The molecule has 4 aliphatic rings. The predicted molar refractivity (Wildman–Crippen MR) is 608 cm³/mol. The summed E-state index contributed by atoms with van der Waals surface area (Å²) in [5.74, 6) is 3.92. The molecule has 0 N–H and O–H groups in total. The van der Waals surface area contributed by atoms with E-state index in [4.69, 9.17) is 9.47 Å². The first kappa shape index (κ1) is 85.8. The summed E-state index contributed by atoms with van der Waals surface area (Å²) in [7, 11) is 0. The zero-order chi connectivity index (χ0) is 96.3. The Kier molecular flexibility index (Phi) is 20.8. The van der Waals surface area contributed by atoms with Crippen LogP contribution in [-0.2, 0) is 10.8 Å². The number of nitrogens with zero attached hydrogens (tertiary/aromatic N) is 1. The third-order valence-corrected chi connectivity index (χ3v) is 32.5. The van der Waals surface area contributed by atoms with Gasteiger partial charge in [-0.25, -0.2) is 0 Å². The van der Waals surface area contributed by atoms with Crippen LogP contribution < -0.4 is 9.47 Å². The number of rotatable bonds is 11. The van der Waals surface area contributed by atoms with E-state index < -0.39 is 10.8 Å². The van der Waals surface area contributed by atoms with E-state index in [-0.39, 0.29) is 11.8 Å². The molecular formula is C142H93NO2S. The zero-order valence-electron chi connectivity index (χ0n) is 79.9. The minimum absolute atomic E-state index is 0.0680. The molecule has 0 fully saturated rings. The molecule has 4 heterocycles. The number of hydrogen-bond acceptors (Lipinski definition) is 3. The molecule has 3 aliphatic heterocycles. The van der Waals surface area contributed by atoms with Crippen LogP contribution in [0.5, 0.6) is 23.0 Å². The maximum atomic E-state index is 6.49. The summed E-state index contributed by atoms with van der Waals surface area (Å²) in [6, 6.07) is 202. The van der Waals surface area contributed by atoms with E-state index >= 15 is 0 Å². The summed E-state index contributed by atoms with van der Waals surface area (Å²) in [5.41, 5.74) is 32.7. The van der Waals surface area contributed by atoms with E-state index in [1.807, 2.05) is 17.8 Å². The number of aromatic nitrogens is 1. The lowest BCUT2D eigenvalue weighted by atomic mass is 9.62. The Bertz CT molecular complexity index is 9450. The molecule has 0 saturated heterocycles. The molecule has 3 nitrogen and oxygen atoms in total. The van der Waals surface area contributed by atoms with Crippen molar-refractivity contribution in [1.82, 2.24) is 4.57 Å². The number of ether oxygens (including phenoxy) is 2. The molecule has 1 aromatic heterocycles. The predicted octanol–water partition coefficient (Wildman–Crippen LogP) is 37.5. The first-order chi connectivity index (χ1) is 72.4. The van der Waals surface area contributed by atoms with Crippen molar-refractivity contribution in [2.24, 2.45) is 0 Å². The molecule has 0 radical (unpaired) electrons. The fourth-order valence-electron chi connectivity index (χ4n) is 24.8. The number of hydrogen-bond donors (Lipinski definition) is 0. The Morgan fingerprint density at radius 3 is 1.04 bits per heavy atom. The molecule has 146 heavy (non-hydrogen) atoms. The van der Waals surface area contributed by atoms with Gasteiger partial charge < -0.3 is 14.0 Å². The van der Waals surface area contributed by atoms with Crippen molar-refractivity contribution in [1.29, 1.82) is 0 Å². The summed E-state index contributed by atoms with van der Waals surface area (Å²) in [5, 5.41) is 17.8. The lowest BCUT2D eigenvalue weighted by molar-refractivity contribution is 0.454. The second kappa shape index (κ2) is 35.5. The van der Waals surface area contributed by atoms with Crippen LogP contribution in [0.15, 0.2) is 562 Å². The van der Waals surface area contributed by atoms with E-state index in [1.54, 1.807) is 0 Å². The van der Waals surface area contributed by atoms with Crippen molar-refractivity contribution < 1.29 is 9.47 Å². The fourth-order valence-corrected chi connectivity index (χ4v) is 26.3. The van der Waals surface area contributed by atoms with Crippen LogP contribution in [0.4, 0.5) is 0 Å². The van der Waals surface area contributed by atoms with E-state index in [0.29, 0.717) is 0 Å². The third kappa shape index (κ3) is 13.9. The quantitative estimate of drug-likeness (QED) is 0.121. The highest BCUT2D eigenvalue weighted by molar-refractivity contribution is 8.00. The molecule has 30 rings (SSSR count). The fraction of sp³-hybridized carbons (Fsp3) is 0.0282. The number of fused-ring (bicyclic) bond motifs is 26. The van der Waals surface area contributed by atoms with Gasteiger partial charge in [0.25, 0.3) is 0 Å². The van der Waals surface area contributed by atoms with Crippen molar-refractivity contribution in [3.05, 3.63) is 630 Å². The highest BCUT2D eigenvalue weighted by Crippen LogP contribution is 2.64. The molecule has 26 aromatic rings.